The van der Waals surface area contributed by atoms with Crippen LogP contribution in [0.5, 0.6) is 0 Å². The van der Waals surface area contributed by atoms with Gasteiger partial charge in [-0.1, -0.05) is 202 Å². The Bertz CT molecular complexity index is 749. The zero-order valence-corrected chi connectivity index (χ0v) is 38.8. The fraction of sp³-hybridized carbons (Fsp3) is 0.960. The lowest BCUT2D eigenvalue weighted by molar-refractivity contribution is -0.149. The van der Waals surface area contributed by atoms with E-state index in [-0.39, 0.29) is 18.5 Å². The molecule has 0 saturated carbocycles. The van der Waals surface area contributed by atoms with E-state index in [0.29, 0.717) is 19.7 Å². The van der Waals surface area contributed by atoms with E-state index in [0.717, 1.165) is 96.2 Å². The van der Waals surface area contributed by atoms with Crippen LogP contribution in [0.4, 0.5) is 0 Å². The minimum Gasteiger partial charge on any atom is -0.468 e. The molecule has 0 spiro atoms. The fourth-order valence-electron chi connectivity index (χ4n) is 7.67. The van der Waals surface area contributed by atoms with Crippen LogP contribution < -0.4 is 0 Å². The number of rotatable bonds is 45. The minimum absolute atomic E-state index is 0.0526. The second-order valence-electron chi connectivity index (χ2n) is 17.2. The summed E-state index contributed by atoms with van der Waals surface area (Å²) in [6.45, 7) is 16.8. The quantitative estimate of drug-likeness (QED) is 0.0376. The average molecular weight is 796 g/mol. The van der Waals surface area contributed by atoms with Gasteiger partial charge in [0.1, 0.15) is 0 Å². The molecule has 0 fully saturated rings. The predicted octanol–water partition coefficient (Wildman–Crippen LogP) is 15.0. The predicted molar refractivity (Wildman–Crippen MR) is 243 cm³/mol. The van der Waals surface area contributed by atoms with Gasteiger partial charge in [-0.3, -0.25) is 9.59 Å². The number of aliphatic hydroxyl groups excluding tert-OH is 1. The molecule has 0 aromatic heterocycles. The molecule has 0 aromatic carbocycles. The van der Waals surface area contributed by atoms with Crippen LogP contribution in [0.1, 0.15) is 259 Å². The van der Waals surface area contributed by atoms with Crippen molar-refractivity contribution >= 4 is 12.4 Å². The maximum Gasteiger partial charge on any atom is 0.308 e. The van der Waals surface area contributed by atoms with Crippen LogP contribution in [0, 0.1) is 11.8 Å². The molecular weight excluding hydrogens is 695 g/mol. The molecule has 0 amide bonds. The summed E-state index contributed by atoms with van der Waals surface area (Å²) >= 11 is 0. The summed E-state index contributed by atoms with van der Waals surface area (Å²) in [4.78, 5) is 25.6. The van der Waals surface area contributed by atoms with Crippen LogP contribution in [0.25, 0.3) is 0 Å². The smallest absolute Gasteiger partial charge is 0.308 e. The van der Waals surface area contributed by atoms with Gasteiger partial charge in [0.15, 0.2) is 0 Å². The van der Waals surface area contributed by atoms with Gasteiger partial charge in [-0.05, 0) is 83.3 Å². The molecule has 6 heteroatoms. The summed E-state index contributed by atoms with van der Waals surface area (Å²) in [6.07, 6.45) is 43.7. The second-order valence-corrected chi connectivity index (χ2v) is 17.2. The summed E-state index contributed by atoms with van der Waals surface area (Å²) in [5, 5.41) is 9.06. The zero-order valence-electron chi connectivity index (χ0n) is 38.8. The summed E-state index contributed by atoms with van der Waals surface area (Å²) < 4.78 is 10.5. The van der Waals surface area contributed by atoms with Crippen LogP contribution in [-0.4, -0.2) is 61.9 Å². The van der Waals surface area contributed by atoms with Crippen molar-refractivity contribution in [3.8, 4) is 0 Å². The van der Waals surface area contributed by atoms with Crippen molar-refractivity contribution in [2.45, 2.75) is 259 Å². The van der Waals surface area contributed by atoms with Crippen molar-refractivity contribution < 1.29 is 24.2 Å². The van der Waals surface area contributed by atoms with Crippen molar-refractivity contribution in [3.63, 3.8) is 0 Å². The van der Waals surface area contributed by atoms with Crippen LogP contribution in [-0.2, 0) is 19.1 Å². The molecule has 56 heavy (non-hydrogen) atoms. The van der Waals surface area contributed by atoms with Crippen LogP contribution in [0.2, 0.25) is 0 Å². The lowest BCUT2D eigenvalue weighted by Crippen LogP contribution is -2.27. The summed E-state index contributed by atoms with van der Waals surface area (Å²) in [5.41, 5.74) is 0. The molecule has 0 rings (SSSR count). The van der Waals surface area contributed by atoms with Crippen molar-refractivity contribution in [2.24, 2.45) is 11.8 Å². The van der Waals surface area contributed by atoms with E-state index < -0.39 is 0 Å². The van der Waals surface area contributed by atoms with Gasteiger partial charge in [0.25, 0.3) is 6.47 Å². The van der Waals surface area contributed by atoms with Gasteiger partial charge >= 0.3 is 5.97 Å². The maximum absolute atomic E-state index is 12.8. The number of hydrogen-bond donors (Lipinski definition) is 1. The summed E-state index contributed by atoms with van der Waals surface area (Å²) in [5.74, 6) is 1.12. The highest BCUT2D eigenvalue weighted by Crippen LogP contribution is 2.21. The van der Waals surface area contributed by atoms with Crippen molar-refractivity contribution in [1.29, 1.82) is 0 Å². The van der Waals surface area contributed by atoms with Crippen molar-refractivity contribution in [2.75, 3.05) is 39.5 Å². The molecule has 1 N–H and O–H groups in total. The van der Waals surface area contributed by atoms with Gasteiger partial charge in [0.2, 0.25) is 0 Å². The van der Waals surface area contributed by atoms with Crippen LogP contribution >= 0.6 is 0 Å². The van der Waals surface area contributed by atoms with Gasteiger partial charge in [-0.25, -0.2) is 0 Å². The van der Waals surface area contributed by atoms with Gasteiger partial charge in [-0.2, -0.15) is 0 Å². The molecule has 2 unspecified atom stereocenters. The summed E-state index contributed by atoms with van der Waals surface area (Å²) in [6, 6.07) is 0. The van der Waals surface area contributed by atoms with E-state index in [9.17, 15) is 9.59 Å². The Morgan fingerprint density at radius 1 is 0.482 bits per heavy atom. The number of aliphatic hydroxyl groups is 1. The minimum atomic E-state index is 0.0526. The van der Waals surface area contributed by atoms with Crippen LogP contribution in [0.15, 0.2) is 0 Å². The standard InChI is InChI=1S/C34H67NO5.C16H34/c1-3-5-7-9-10-17-25-33(24-16-8-6-4-2)34(38)40-31-23-14-12-19-27-35(28-20-15-21-29-36)26-18-11-13-22-30-39-32-37;1-4-6-8-10-11-13-15-16(3)14-12-9-7-5-2/h32-33,36H,3-31H2,1-2H3;16H,4-15H2,1-3H3. The molecule has 0 aliphatic carbocycles. The average Bonchev–Trinajstić information content (AvgIpc) is 3.20. The number of hydrogen-bond acceptors (Lipinski definition) is 6. The monoisotopic (exact) mass is 796 g/mol. The molecule has 0 aliphatic heterocycles. The fourth-order valence-corrected chi connectivity index (χ4v) is 7.67. The second kappa shape index (κ2) is 50.0. The molecule has 0 saturated heterocycles. The van der Waals surface area contributed by atoms with Gasteiger partial charge < -0.3 is 19.5 Å². The lowest BCUT2D eigenvalue weighted by Gasteiger charge is -2.22. The van der Waals surface area contributed by atoms with Crippen LogP contribution in [0.3, 0.4) is 0 Å². The largest absolute Gasteiger partial charge is 0.468 e. The number of unbranched alkanes of at least 4 members (excludes halogenated alkanes) is 24. The topological polar surface area (TPSA) is 76.1 Å². The van der Waals surface area contributed by atoms with E-state index in [2.05, 4.69) is 39.5 Å². The van der Waals surface area contributed by atoms with E-state index in [1.165, 1.54) is 154 Å². The molecule has 0 bridgehead atoms. The van der Waals surface area contributed by atoms with E-state index in [1.807, 2.05) is 0 Å². The molecule has 0 heterocycles. The Hall–Kier alpha value is -1.14. The van der Waals surface area contributed by atoms with E-state index in [1.54, 1.807) is 0 Å². The highest BCUT2D eigenvalue weighted by atomic mass is 16.5. The van der Waals surface area contributed by atoms with Gasteiger partial charge in [-0.15, -0.1) is 0 Å². The molecular formula is C50H101NO5. The number of ether oxygens (including phenoxy) is 2. The Morgan fingerprint density at radius 2 is 0.839 bits per heavy atom. The third kappa shape index (κ3) is 45.6. The number of nitrogens with zero attached hydrogens (tertiary/aromatic N) is 1. The first-order valence-corrected chi connectivity index (χ1v) is 25.0. The lowest BCUT2D eigenvalue weighted by atomic mass is 9.94. The number of carbonyl (C=O) groups excluding carboxylic acids is 2. The normalized spacial score (nSPS) is 12.3. The zero-order chi connectivity index (χ0) is 41.4. The Labute approximate surface area is 351 Å². The Balaban J connectivity index is 0. The molecule has 0 radical (unpaired) electrons. The van der Waals surface area contributed by atoms with Crippen molar-refractivity contribution in [3.05, 3.63) is 0 Å². The Morgan fingerprint density at radius 3 is 1.29 bits per heavy atom. The number of carbonyl (C=O) groups is 2. The SMILES string of the molecule is CCCCCCCCC(C)CCCCCC.CCCCCCCCC(CCCCCC)C(=O)OCCCCCCN(CCCCCO)CCCCCCOC=O. The first-order valence-electron chi connectivity index (χ1n) is 25.0. The Kier molecular flexibility index (Phi) is 50.9. The summed E-state index contributed by atoms with van der Waals surface area (Å²) in [7, 11) is 0. The molecule has 2 atom stereocenters. The van der Waals surface area contributed by atoms with Gasteiger partial charge in [0, 0.05) is 6.61 Å². The molecule has 0 aliphatic rings. The first-order chi connectivity index (χ1) is 27.5. The molecule has 6 nitrogen and oxygen atoms in total. The molecule has 336 valence electrons. The van der Waals surface area contributed by atoms with E-state index >= 15 is 0 Å². The third-order valence-electron chi connectivity index (χ3n) is 11.5. The first kappa shape index (κ1) is 57.0. The highest BCUT2D eigenvalue weighted by molar-refractivity contribution is 5.72. The van der Waals surface area contributed by atoms with Gasteiger partial charge in [0.05, 0.1) is 19.1 Å². The number of esters is 1. The van der Waals surface area contributed by atoms with Crippen molar-refractivity contribution in [1.82, 2.24) is 4.90 Å². The maximum atomic E-state index is 12.8. The van der Waals surface area contributed by atoms with E-state index in [4.69, 9.17) is 14.6 Å². The highest BCUT2D eigenvalue weighted by Gasteiger charge is 2.19. The molecule has 0 aromatic rings. The third-order valence-corrected chi connectivity index (χ3v) is 11.5.